The third-order valence-corrected chi connectivity index (χ3v) is 4.17. The highest BCUT2D eigenvalue weighted by molar-refractivity contribution is 6.30. The first-order chi connectivity index (χ1) is 8.53. The molecule has 1 aliphatic carbocycles. The summed E-state index contributed by atoms with van der Waals surface area (Å²) in [6.45, 7) is 2.09. The Hall–Kier alpha value is -1.22. The van der Waals surface area contributed by atoms with E-state index in [0.717, 1.165) is 6.42 Å². The van der Waals surface area contributed by atoms with Crippen LogP contribution in [0, 0.1) is 5.92 Å². The van der Waals surface area contributed by atoms with Crippen molar-refractivity contribution in [1.29, 1.82) is 0 Å². The zero-order chi connectivity index (χ0) is 13.3. The lowest BCUT2D eigenvalue weighted by atomic mass is 9.57. The van der Waals surface area contributed by atoms with Crippen molar-refractivity contribution in [2.24, 2.45) is 5.92 Å². The van der Waals surface area contributed by atoms with Crippen molar-refractivity contribution in [1.82, 2.24) is 0 Å². The van der Waals surface area contributed by atoms with Gasteiger partial charge in [0.05, 0.1) is 12.5 Å². The molecule has 0 bridgehead atoms. The van der Waals surface area contributed by atoms with Crippen LogP contribution in [-0.2, 0) is 10.2 Å². The fourth-order valence-electron chi connectivity index (χ4n) is 2.78. The van der Waals surface area contributed by atoms with Crippen LogP contribution in [0.4, 0.5) is 0 Å². The van der Waals surface area contributed by atoms with Crippen molar-refractivity contribution < 1.29 is 14.6 Å². The maximum atomic E-state index is 11.6. The number of hydrogen-bond donors (Lipinski definition) is 1. The van der Waals surface area contributed by atoms with E-state index in [4.69, 9.17) is 16.3 Å². The molecule has 0 saturated heterocycles. The van der Waals surface area contributed by atoms with Crippen LogP contribution < -0.4 is 4.74 Å². The molecule has 0 aliphatic heterocycles. The van der Waals surface area contributed by atoms with Crippen LogP contribution >= 0.6 is 11.6 Å². The van der Waals surface area contributed by atoms with Gasteiger partial charge in [0.1, 0.15) is 5.75 Å². The lowest BCUT2D eigenvalue weighted by Gasteiger charge is -2.45. The van der Waals surface area contributed by atoms with Crippen molar-refractivity contribution in [3.63, 3.8) is 0 Å². The predicted molar refractivity (Wildman–Crippen MR) is 70.3 cm³/mol. The number of aliphatic carboxylic acids is 1. The summed E-state index contributed by atoms with van der Waals surface area (Å²) in [7, 11) is 1.55. The van der Waals surface area contributed by atoms with Gasteiger partial charge in [-0.25, -0.2) is 0 Å². The van der Waals surface area contributed by atoms with E-state index in [0.29, 0.717) is 35.1 Å². The Bertz CT molecular complexity index is 464. The van der Waals surface area contributed by atoms with Gasteiger partial charge in [0.15, 0.2) is 0 Å². The van der Waals surface area contributed by atoms with E-state index in [2.05, 4.69) is 6.92 Å². The van der Waals surface area contributed by atoms with E-state index in [9.17, 15) is 9.90 Å². The number of benzene rings is 1. The van der Waals surface area contributed by atoms with Crippen LogP contribution in [0.3, 0.4) is 0 Å². The van der Waals surface area contributed by atoms with E-state index in [1.807, 2.05) is 0 Å². The maximum absolute atomic E-state index is 11.6. The molecule has 1 fully saturated rings. The average molecular weight is 269 g/mol. The molecule has 98 valence electrons. The predicted octanol–water partition coefficient (Wildman–Crippen LogP) is 3.49. The van der Waals surface area contributed by atoms with Gasteiger partial charge >= 0.3 is 5.97 Å². The normalized spacial score (nSPS) is 26.5. The standard InChI is InChI=1S/C14H17ClO3/c1-3-9-7-14(8-9,13(16)17)11-6-10(15)4-5-12(11)18-2/h4-6,9H,3,7-8H2,1-2H3,(H,16,17). The van der Waals surface area contributed by atoms with Crippen molar-refractivity contribution in [2.75, 3.05) is 7.11 Å². The van der Waals surface area contributed by atoms with Crippen molar-refractivity contribution in [2.45, 2.75) is 31.6 Å². The number of carboxylic acids is 1. The Morgan fingerprint density at radius 2 is 2.22 bits per heavy atom. The lowest BCUT2D eigenvalue weighted by Crippen LogP contribution is -2.47. The first kappa shape index (κ1) is 13.2. The highest BCUT2D eigenvalue weighted by atomic mass is 35.5. The first-order valence-corrected chi connectivity index (χ1v) is 6.48. The van der Waals surface area contributed by atoms with Gasteiger partial charge in [-0.3, -0.25) is 4.79 Å². The van der Waals surface area contributed by atoms with Gasteiger partial charge in [0.2, 0.25) is 0 Å². The van der Waals surface area contributed by atoms with Gasteiger partial charge in [0, 0.05) is 10.6 Å². The quantitative estimate of drug-likeness (QED) is 0.909. The summed E-state index contributed by atoms with van der Waals surface area (Å²) in [5.74, 6) is 0.300. The van der Waals surface area contributed by atoms with Crippen LogP contribution in [0.1, 0.15) is 31.7 Å². The molecular weight excluding hydrogens is 252 g/mol. The largest absolute Gasteiger partial charge is 0.496 e. The smallest absolute Gasteiger partial charge is 0.314 e. The number of hydrogen-bond acceptors (Lipinski definition) is 2. The summed E-state index contributed by atoms with van der Waals surface area (Å²) in [5, 5.41) is 10.1. The summed E-state index contributed by atoms with van der Waals surface area (Å²) >= 11 is 5.99. The Labute approximate surface area is 112 Å². The zero-order valence-electron chi connectivity index (χ0n) is 10.6. The summed E-state index contributed by atoms with van der Waals surface area (Å²) in [5.41, 5.74) is -0.119. The number of ether oxygens (including phenoxy) is 1. The third-order valence-electron chi connectivity index (χ3n) is 3.94. The summed E-state index contributed by atoms with van der Waals surface area (Å²) < 4.78 is 5.28. The second kappa shape index (κ2) is 4.81. The van der Waals surface area contributed by atoms with Crippen LogP contribution in [0.2, 0.25) is 5.02 Å². The molecule has 1 saturated carbocycles. The molecule has 0 amide bonds. The van der Waals surface area contributed by atoms with Gasteiger partial charge in [-0.1, -0.05) is 24.9 Å². The minimum Gasteiger partial charge on any atom is -0.496 e. The van der Waals surface area contributed by atoms with Crippen LogP contribution in [0.15, 0.2) is 18.2 Å². The number of halogens is 1. The molecule has 0 heterocycles. The fourth-order valence-corrected chi connectivity index (χ4v) is 2.95. The maximum Gasteiger partial charge on any atom is 0.314 e. The number of rotatable bonds is 4. The third kappa shape index (κ3) is 1.97. The second-order valence-electron chi connectivity index (χ2n) is 4.91. The Morgan fingerprint density at radius 3 is 2.72 bits per heavy atom. The molecule has 0 spiro atoms. The van der Waals surface area contributed by atoms with E-state index in [1.54, 1.807) is 25.3 Å². The van der Waals surface area contributed by atoms with Gasteiger partial charge < -0.3 is 9.84 Å². The van der Waals surface area contributed by atoms with Crippen LogP contribution in [0.5, 0.6) is 5.75 Å². The van der Waals surface area contributed by atoms with E-state index in [1.165, 1.54) is 0 Å². The SMILES string of the molecule is CCC1CC(C(=O)O)(c2cc(Cl)ccc2OC)C1. The Balaban J connectivity index is 2.44. The monoisotopic (exact) mass is 268 g/mol. The van der Waals surface area contributed by atoms with Crippen LogP contribution in [-0.4, -0.2) is 18.2 Å². The average Bonchev–Trinajstić information content (AvgIpc) is 2.28. The second-order valence-corrected chi connectivity index (χ2v) is 5.35. The molecule has 0 aromatic heterocycles. The van der Waals surface area contributed by atoms with Crippen molar-refractivity contribution in [3.05, 3.63) is 28.8 Å². The number of carbonyl (C=O) groups is 1. The first-order valence-electron chi connectivity index (χ1n) is 6.11. The highest BCUT2D eigenvalue weighted by Gasteiger charge is 2.52. The molecule has 2 rings (SSSR count). The minimum atomic E-state index is -0.822. The van der Waals surface area contributed by atoms with Gasteiger partial charge in [-0.15, -0.1) is 0 Å². The zero-order valence-corrected chi connectivity index (χ0v) is 11.3. The molecule has 1 aromatic rings. The summed E-state index contributed by atoms with van der Waals surface area (Å²) in [4.78, 5) is 11.6. The summed E-state index contributed by atoms with van der Waals surface area (Å²) in [6.07, 6.45) is 2.34. The van der Waals surface area contributed by atoms with Crippen molar-refractivity contribution >= 4 is 17.6 Å². The van der Waals surface area contributed by atoms with Gasteiger partial charge in [-0.05, 0) is 37.0 Å². The minimum absolute atomic E-state index is 0.477. The molecular formula is C14H17ClO3. The Kier molecular flexibility index (Phi) is 3.53. The van der Waals surface area contributed by atoms with E-state index in [-0.39, 0.29) is 0 Å². The molecule has 1 N–H and O–H groups in total. The number of methoxy groups -OCH3 is 1. The molecule has 0 unspecified atom stereocenters. The molecule has 4 heteroatoms. The molecule has 18 heavy (non-hydrogen) atoms. The molecule has 0 atom stereocenters. The number of carboxylic acid groups (broad SMARTS) is 1. The van der Waals surface area contributed by atoms with E-state index >= 15 is 0 Å². The summed E-state index contributed by atoms with van der Waals surface area (Å²) in [6, 6.07) is 5.18. The lowest BCUT2D eigenvalue weighted by molar-refractivity contribution is -0.150. The molecule has 3 nitrogen and oxygen atoms in total. The van der Waals surface area contributed by atoms with Crippen LogP contribution in [0.25, 0.3) is 0 Å². The Morgan fingerprint density at radius 1 is 1.56 bits per heavy atom. The highest BCUT2D eigenvalue weighted by Crippen LogP contribution is 2.52. The van der Waals surface area contributed by atoms with Crippen molar-refractivity contribution in [3.8, 4) is 5.75 Å². The van der Waals surface area contributed by atoms with Gasteiger partial charge in [0.25, 0.3) is 0 Å². The fraction of sp³-hybridized carbons (Fsp3) is 0.500. The van der Waals surface area contributed by atoms with Gasteiger partial charge in [-0.2, -0.15) is 0 Å². The molecule has 0 radical (unpaired) electrons. The topological polar surface area (TPSA) is 46.5 Å². The molecule has 1 aromatic carbocycles. The van der Waals surface area contributed by atoms with E-state index < -0.39 is 11.4 Å². The molecule has 1 aliphatic rings.